The summed E-state index contributed by atoms with van der Waals surface area (Å²) in [4.78, 5) is 0. The lowest BCUT2D eigenvalue weighted by molar-refractivity contribution is 0.140. The van der Waals surface area contributed by atoms with Crippen LogP contribution in [0.5, 0.6) is 0 Å². The van der Waals surface area contributed by atoms with E-state index in [1.807, 2.05) is 12.1 Å². The first-order valence-electron chi connectivity index (χ1n) is 11.7. The minimum Gasteiger partial charge on any atom is -0.395 e. The molecule has 166 valence electrons. The lowest BCUT2D eigenvalue weighted by Gasteiger charge is -2.19. The number of unbranched alkanes of at least 4 members (excludes halogenated alkanes) is 2. The Balaban J connectivity index is 1.42. The number of aryl methyl sites for hydroxylation is 1. The van der Waals surface area contributed by atoms with Crippen LogP contribution in [0.2, 0.25) is 0 Å². The molecule has 0 aromatic heterocycles. The summed E-state index contributed by atoms with van der Waals surface area (Å²) >= 11 is 0. The summed E-state index contributed by atoms with van der Waals surface area (Å²) in [6, 6.07) is 8.27. The quantitative estimate of drug-likeness (QED) is 0.312. The second-order valence-corrected chi connectivity index (χ2v) is 9.17. The molecule has 0 unspecified atom stereocenters. The van der Waals surface area contributed by atoms with E-state index in [1.54, 1.807) is 5.57 Å². The third-order valence-electron chi connectivity index (χ3n) is 6.67. The van der Waals surface area contributed by atoms with E-state index in [-0.39, 0.29) is 18.6 Å². The van der Waals surface area contributed by atoms with Crippen molar-refractivity contribution in [1.29, 1.82) is 0 Å². The van der Waals surface area contributed by atoms with E-state index < -0.39 is 6.10 Å². The lowest BCUT2D eigenvalue weighted by Crippen LogP contribution is -2.19. The van der Waals surface area contributed by atoms with Crippen molar-refractivity contribution in [1.82, 2.24) is 5.32 Å². The van der Waals surface area contributed by atoms with Gasteiger partial charge in [0.1, 0.15) is 0 Å². The monoisotopic (exact) mass is 413 g/mol. The molecule has 4 nitrogen and oxygen atoms in total. The van der Waals surface area contributed by atoms with E-state index in [1.165, 1.54) is 18.4 Å². The largest absolute Gasteiger partial charge is 0.395 e. The Bertz CT molecular complexity index is 714. The first-order chi connectivity index (χ1) is 14.6. The minimum absolute atomic E-state index is 0.151. The summed E-state index contributed by atoms with van der Waals surface area (Å²) in [6.45, 7) is 3.94. The summed E-state index contributed by atoms with van der Waals surface area (Å²) < 4.78 is 0. The average Bonchev–Trinajstić information content (AvgIpc) is 3.22. The maximum Gasteiger partial charge on any atom is 0.0761 e. The molecule has 0 bridgehead atoms. The van der Waals surface area contributed by atoms with Crippen molar-refractivity contribution in [2.45, 2.75) is 64.1 Å². The van der Waals surface area contributed by atoms with Gasteiger partial charge in [0.05, 0.1) is 18.8 Å². The summed E-state index contributed by atoms with van der Waals surface area (Å²) in [5, 5.41) is 33.0. The maximum absolute atomic E-state index is 10.6. The predicted molar refractivity (Wildman–Crippen MR) is 122 cm³/mol. The summed E-state index contributed by atoms with van der Waals surface area (Å²) in [7, 11) is 0. The van der Waals surface area contributed by atoms with Crippen LogP contribution in [-0.2, 0) is 6.42 Å². The van der Waals surface area contributed by atoms with Gasteiger partial charge in [-0.1, -0.05) is 60.1 Å². The Morgan fingerprint density at radius 3 is 2.87 bits per heavy atom. The first kappa shape index (κ1) is 23.2. The average molecular weight is 414 g/mol. The van der Waals surface area contributed by atoms with Gasteiger partial charge in [0, 0.05) is 18.9 Å². The van der Waals surface area contributed by atoms with Crippen LogP contribution in [0, 0.1) is 24.7 Å². The third-order valence-corrected chi connectivity index (χ3v) is 6.67. The number of allylic oxidation sites excluding steroid dienone is 2. The molecule has 0 radical (unpaired) electrons. The molecule has 2 aliphatic carbocycles. The number of fused-ring (bicyclic) bond motifs is 1. The SMILES string of the molecule is Cc1cccc(C[C@H](O)C=C[C@@H]2[C@H]3CC(CCCCCNCCO)=C[C@H]3C[C@H]2O)c1. The van der Waals surface area contributed by atoms with Crippen LogP contribution in [-0.4, -0.2) is 47.2 Å². The summed E-state index contributed by atoms with van der Waals surface area (Å²) in [6.07, 6.45) is 12.9. The van der Waals surface area contributed by atoms with Gasteiger partial charge in [-0.25, -0.2) is 0 Å². The van der Waals surface area contributed by atoms with Crippen molar-refractivity contribution in [3.8, 4) is 0 Å². The fourth-order valence-electron chi connectivity index (χ4n) is 5.18. The second-order valence-electron chi connectivity index (χ2n) is 9.17. The number of nitrogens with one attached hydrogen (secondary N) is 1. The van der Waals surface area contributed by atoms with Gasteiger partial charge in [0.2, 0.25) is 0 Å². The van der Waals surface area contributed by atoms with Crippen LogP contribution in [0.1, 0.15) is 49.7 Å². The topological polar surface area (TPSA) is 72.7 Å². The number of hydrogen-bond acceptors (Lipinski definition) is 4. The van der Waals surface area contributed by atoms with E-state index in [0.29, 0.717) is 24.8 Å². The smallest absolute Gasteiger partial charge is 0.0761 e. The molecular formula is C26H39NO3. The molecule has 30 heavy (non-hydrogen) atoms. The molecule has 0 heterocycles. The van der Waals surface area contributed by atoms with Crippen molar-refractivity contribution in [3.63, 3.8) is 0 Å². The van der Waals surface area contributed by atoms with Gasteiger partial charge in [-0.05, 0) is 63.0 Å². The highest BCUT2D eigenvalue weighted by Crippen LogP contribution is 2.48. The Kier molecular flexibility index (Phi) is 9.13. The number of rotatable bonds is 12. The van der Waals surface area contributed by atoms with Gasteiger partial charge >= 0.3 is 0 Å². The highest BCUT2D eigenvalue weighted by atomic mass is 16.3. The number of aliphatic hydroxyl groups is 3. The van der Waals surface area contributed by atoms with E-state index in [0.717, 1.165) is 37.8 Å². The highest BCUT2D eigenvalue weighted by molar-refractivity contribution is 5.24. The maximum atomic E-state index is 10.6. The van der Waals surface area contributed by atoms with E-state index in [9.17, 15) is 10.2 Å². The molecule has 4 heteroatoms. The molecule has 0 aliphatic heterocycles. The van der Waals surface area contributed by atoms with Gasteiger partial charge in [-0.2, -0.15) is 0 Å². The lowest BCUT2D eigenvalue weighted by atomic mass is 9.88. The van der Waals surface area contributed by atoms with E-state index >= 15 is 0 Å². The summed E-state index contributed by atoms with van der Waals surface area (Å²) in [5.74, 6) is 1.13. The third kappa shape index (κ3) is 6.78. The Morgan fingerprint density at radius 2 is 2.07 bits per heavy atom. The van der Waals surface area contributed by atoms with Gasteiger partial charge < -0.3 is 20.6 Å². The molecule has 0 spiro atoms. The Morgan fingerprint density at radius 1 is 1.20 bits per heavy atom. The number of aliphatic hydroxyl groups excluding tert-OH is 3. The van der Waals surface area contributed by atoms with E-state index in [4.69, 9.17) is 5.11 Å². The second kappa shape index (κ2) is 11.8. The fraction of sp³-hybridized carbons (Fsp3) is 0.615. The van der Waals surface area contributed by atoms with Gasteiger partial charge in [-0.15, -0.1) is 0 Å². The molecule has 3 rings (SSSR count). The van der Waals surface area contributed by atoms with Gasteiger partial charge in [-0.3, -0.25) is 0 Å². The predicted octanol–water partition coefficient (Wildman–Crippen LogP) is 3.54. The Hall–Kier alpha value is -1.46. The molecule has 4 N–H and O–H groups in total. The van der Waals surface area contributed by atoms with Gasteiger partial charge in [0.25, 0.3) is 0 Å². The van der Waals surface area contributed by atoms with Crippen LogP contribution in [0.4, 0.5) is 0 Å². The molecule has 0 saturated heterocycles. The number of hydrogen-bond donors (Lipinski definition) is 4. The molecule has 1 fully saturated rings. The van der Waals surface area contributed by atoms with E-state index in [2.05, 4.69) is 42.6 Å². The zero-order chi connectivity index (χ0) is 21.3. The Labute approximate surface area is 181 Å². The van der Waals surface area contributed by atoms with Crippen molar-refractivity contribution in [2.24, 2.45) is 17.8 Å². The fourth-order valence-corrected chi connectivity index (χ4v) is 5.18. The minimum atomic E-state index is -0.508. The van der Waals surface area contributed by atoms with Crippen LogP contribution in [0.3, 0.4) is 0 Å². The molecular weight excluding hydrogens is 374 g/mol. The molecule has 5 atom stereocenters. The highest BCUT2D eigenvalue weighted by Gasteiger charge is 2.43. The van der Waals surface area contributed by atoms with Crippen LogP contribution in [0.15, 0.2) is 48.1 Å². The zero-order valence-corrected chi connectivity index (χ0v) is 18.3. The van der Waals surface area contributed by atoms with Crippen LogP contribution >= 0.6 is 0 Å². The normalized spacial score (nSPS) is 26.9. The first-order valence-corrected chi connectivity index (χ1v) is 11.7. The van der Waals surface area contributed by atoms with Crippen molar-refractivity contribution in [3.05, 3.63) is 59.2 Å². The molecule has 1 aromatic carbocycles. The zero-order valence-electron chi connectivity index (χ0n) is 18.3. The molecule has 1 saturated carbocycles. The molecule has 0 amide bonds. The van der Waals surface area contributed by atoms with Crippen molar-refractivity contribution >= 4 is 0 Å². The van der Waals surface area contributed by atoms with Crippen LogP contribution < -0.4 is 5.32 Å². The van der Waals surface area contributed by atoms with Crippen LogP contribution in [0.25, 0.3) is 0 Å². The number of benzene rings is 1. The summed E-state index contributed by atoms with van der Waals surface area (Å²) in [5.41, 5.74) is 3.91. The van der Waals surface area contributed by atoms with Crippen molar-refractivity contribution in [2.75, 3.05) is 19.7 Å². The molecule has 1 aromatic rings. The van der Waals surface area contributed by atoms with Crippen molar-refractivity contribution < 1.29 is 15.3 Å². The van der Waals surface area contributed by atoms with Gasteiger partial charge in [0.15, 0.2) is 0 Å². The molecule has 2 aliphatic rings. The standard InChI is InChI=1S/C26H39NO3/c1-19-6-5-8-20(14-19)16-23(29)9-10-24-25-17-21(15-22(25)18-26(24)30)7-3-2-4-11-27-12-13-28/h5-6,8-10,14-15,22-30H,2-4,7,11-13,16-18H2,1H3/t22-,23+,24+,25-,26+/m0/s1.